The lowest BCUT2D eigenvalue weighted by Crippen LogP contribution is -2.40. The van der Waals surface area contributed by atoms with Crippen LogP contribution in [0, 0.1) is 12.8 Å². The molecule has 1 atom stereocenters. The van der Waals surface area contributed by atoms with Crippen LogP contribution in [-0.4, -0.2) is 56.7 Å². The molecule has 0 spiro atoms. The Morgan fingerprint density at radius 1 is 1.46 bits per heavy atom. The number of carbonyl (C=O) groups excluding carboxylic acids is 1. The molecule has 1 heterocycles. The van der Waals surface area contributed by atoms with Crippen molar-refractivity contribution in [2.75, 3.05) is 45.2 Å². The molecule has 146 valence electrons. The first-order valence-corrected chi connectivity index (χ1v) is 9.41. The van der Waals surface area contributed by atoms with E-state index in [0.29, 0.717) is 5.92 Å². The zero-order valence-electron chi connectivity index (χ0n) is 15.5. The van der Waals surface area contributed by atoms with Crippen LogP contribution in [-0.2, 0) is 9.53 Å². The lowest BCUT2D eigenvalue weighted by atomic mass is 10.1. The fraction of sp³-hybridized carbons (Fsp3) is 0.556. The van der Waals surface area contributed by atoms with Gasteiger partial charge in [0.1, 0.15) is 6.54 Å². The molecule has 6 nitrogen and oxygen atoms in total. The minimum atomic E-state index is -0.121. The fourth-order valence-corrected chi connectivity index (χ4v) is 3.25. The zero-order valence-corrected chi connectivity index (χ0v) is 19.5. The molecule has 0 radical (unpaired) electrons. The van der Waals surface area contributed by atoms with E-state index in [0.717, 1.165) is 54.3 Å². The lowest BCUT2D eigenvalue weighted by Gasteiger charge is -2.21. The molecule has 1 aromatic rings. The summed E-state index contributed by atoms with van der Waals surface area (Å²) in [6.07, 6.45) is 1.09. The first-order valence-electron chi connectivity index (χ1n) is 8.61. The van der Waals surface area contributed by atoms with Crippen LogP contribution in [0.4, 0.5) is 5.69 Å². The summed E-state index contributed by atoms with van der Waals surface area (Å²) in [5, 5.41) is 6.20. The van der Waals surface area contributed by atoms with Crippen LogP contribution in [0.15, 0.2) is 27.7 Å². The van der Waals surface area contributed by atoms with E-state index in [4.69, 9.17) is 4.74 Å². The van der Waals surface area contributed by atoms with E-state index in [2.05, 4.69) is 36.5 Å². The molecule has 8 heteroatoms. The van der Waals surface area contributed by atoms with Gasteiger partial charge >= 0.3 is 0 Å². The van der Waals surface area contributed by atoms with E-state index >= 15 is 0 Å². The number of nitrogens with one attached hydrogen (secondary N) is 2. The van der Waals surface area contributed by atoms with Crippen LogP contribution < -0.4 is 10.6 Å². The van der Waals surface area contributed by atoms with Crippen LogP contribution >= 0.6 is 39.9 Å². The van der Waals surface area contributed by atoms with Crippen LogP contribution in [0.2, 0.25) is 0 Å². The molecule has 2 N–H and O–H groups in total. The first kappa shape index (κ1) is 23.2. The predicted octanol–water partition coefficient (Wildman–Crippen LogP) is 3.25. The van der Waals surface area contributed by atoms with Gasteiger partial charge < -0.3 is 20.3 Å². The minimum absolute atomic E-state index is 0. The quantitative estimate of drug-likeness (QED) is 0.331. The Morgan fingerprint density at radius 3 is 2.92 bits per heavy atom. The monoisotopic (exact) mass is 538 g/mol. The predicted molar refractivity (Wildman–Crippen MR) is 120 cm³/mol. The summed E-state index contributed by atoms with van der Waals surface area (Å²) in [6.45, 7) is 7.48. The summed E-state index contributed by atoms with van der Waals surface area (Å²) in [5.74, 6) is 1.19. The maximum absolute atomic E-state index is 12.3. The average molecular weight is 539 g/mol. The second kappa shape index (κ2) is 11.8. The third kappa shape index (κ3) is 7.03. The summed E-state index contributed by atoms with van der Waals surface area (Å²) in [5.41, 5.74) is 1.83. The number of amides is 1. The van der Waals surface area contributed by atoms with E-state index in [1.807, 2.05) is 32.0 Å². The number of aliphatic imine (C=N–C) groups is 1. The molecule has 1 unspecified atom stereocenters. The number of likely N-dealkylation sites (tertiary alicyclic amines) is 1. The normalized spacial score (nSPS) is 17.0. The lowest BCUT2D eigenvalue weighted by molar-refractivity contribution is -0.114. The highest BCUT2D eigenvalue weighted by atomic mass is 127. The van der Waals surface area contributed by atoms with Crippen LogP contribution in [0.25, 0.3) is 0 Å². The Kier molecular flexibility index (Phi) is 10.5. The van der Waals surface area contributed by atoms with Crippen molar-refractivity contribution in [2.24, 2.45) is 10.9 Å². The van der Waals surface area contributed by atoms with Gasteiger partial charge in [-0.2, -0.15) is 0 Å². The number of nitrogens with zero attached hydrogens (tertiary/aromatic N) is 2. The van der Waals surface area contributed by atoms with Gasteiger partial charge in [0.05, 0.1) is 6.61 Å². The SMILES string of the molecule is CCNC(=NCC(=O)Nc1cc(Br)ccc1C)N1CCC(COC)C1.I. The molecule has 26 heavy (non-hydrogen) atoms. The Labute approximate surface area is 181 Å². The molecular weight excluding hydrogens is 511 g/mol. The van der Waals surface area contributed by atoms with Gasteiger partial charge in [-0.05, 0) is 38.0 Å². The van der Waals surface area contributed by atoms with E-state index in [-0.39, 0.29) is 36.4 Å². The molecule has 1 aromatic carbocycles. The average Bonchev–Trinajstić information content (AvgIpc) is 3.04. The molecule has 1 aliphatic rings. The second-order valence-electron chi connectivity index (χ2n) is 6.23. The van der Waals surface area contributed by atoms with Crippen molar-refractivity contribution < 1.29 is 9.53 Å². The Hall–Kier alpha value is -0.870. The van der Waals surface area contributed by atoms with Gasteiger partial charge in [-0.3, -0.25) is 4.79 Å². The van der Waals surface area contributed by atoms with Crippen molar-refractivity contribution in [2.45, 2.75) is 20.3 Å². The summed E-state index contributed by atoms with van der Waals surface area (Å²) in [7, 11) is 1.73. The van der Waals surface area contributed by atoms with Gasteiger partial charge in [0.15, 0.2) is 5.96 Å². The number of hydrogen-bond donors (Lipinski definition) is 2. The number of rotatable bonds is 6. The molecule has 1 aliphatic heterocycles. The number of methoxy groups -OCH3 is 1. The highest BCUT2D eigenvalue weighted by Crippen LogP contribution is 2.20. The van der Waals surface area contributed by atoms with Crippen LogP contribution in [0.5, 0.6) is 0 Å². The van der Waals surface area contributed by atoms with Gasteiger partial charge in [0, 0.05) is 42.8 Å². The first-order chi connectivity index (χ1) is 12.0. The van der Waals surface area contributed by atoms with Crippen molar-refractivity contribution >= 4 is 57.5 Å². The molecule has 0 aromatic heterocycles. The van der Waals surface area contributed by atoms with Gasteiger partial charge in [0.2, 0.25) is 5.91 Å². The standard InChI is InChI=1S/C18H27BrN4O2.HI/c1-4-20-18(23-8-7-14(11-23)12-25-3)21-10-17(24)22-16-9-15(19)6-5-13(16)2;/h5-6,9,14H,4,7-8,10-12H2,1-3H3,(H,20,21)(H,22,24);1H. The maximum Gasteiger partial charge on any atom is 0.246 e. The molecule has 1 amide bonds. The van der Waals surface area contributed by atoms with Crippen molar-refractivity contribution in [3.8, 4) is 0 Å². The Bertz CT molecular complexity index is 627. The fourth-order valence-electron chi connectivity index (χ4n) is 2.89. The number of halogens is 2. The zero-order chi connectivity index (χ0) is 18.2. The van der Waals surface area contributed by atoms with E-state index in [9.17, 15) is 4.79 Å². The largest absolute Gasteiger partial charge is 0.384 e. The van der Waals surface area contributed by atoms with Gasteiger partial charge in [-0.15, -0.1) is 24.0 Å². The molecule has 1 saturated heterocycles. The van der Waals surface area contributed by atoms with Crippen molar-refractivity contribution in [3.05, 3.63) is 28.2 Å². The van der Waals surface area contributed by atoms with Crippen molar-refractivity contribution in [1.82, 2.24) is 10.2 Å². The third-order valence-electron chi connectivity index (χ3n) is 4.17. The smallest absolute Gasteiger partial charge is 0.246 e. The third-order valence-corrected chi connectivity index (χ3v) is 4.66. The summed E-state index contributed by atoms with van der Waals surface area (Å²) >= 11 is 3.43. The van der Waals surface area contributed by atoms with Crippen LogP contribution in [0.1, 0.15) is 18.9 Å². The summed E-state index contributed by atoms with van der Waals surface area (Å²) in [6, 6.07) is 5.82. The topological polar surface area (TPSA) is 66.0 Å². The molecule has 2 rings (SSSR count). The summed E-state index contributed by atoms with van der Waals surface area (Å²) in [4.78, 5) is 19.0. The number of hydrogen-bond acceptors (Lipinski definition) is 3. The minimum Gasteiger partial charge on any atom is -0.384 e. The number of carbonyl (C=O) groups is 1. The Morgan fingerprint density at radius 2 is 2.23 bits per heavy atom. The molecule has 0 bridgehead atoms. The maximum atomic E-state index is 12.3. The van der Waals surface area contributed by atoms with Crippen LogP contribution in [0.3, 0.4) is 0 Å². The van der Waals surface area contributed by atoms with Gasteiger partial charge in [0.25, 0.3) is 0 Å². The van der Waals surface area contributed by atoms with E-state index in [1.54, 1.807) is 7.11 Å². The van der Waals surface area contributed by atoms with Crippen molar-refractivity contribution in [3.63, 3.8) is 0 Å². The number of guanidine groups is 1. The second-order valence-corrected chi connectivity index (χ2v) is 7.15. The number of benzene rings is 1. The van der Waals surface area contributed by atoms with Gasteiger partial charge in [-0.25, -0.2) is 4.99 Å². The highest BCUT2D eigenvalue weighted by molar-refractivity contribution is 14.0. The summed E-state index contributed by atoms with van der Waals surface area (Å²) < 4.78 is 6.18. The number of ether oxygens (including phenoxy) is 1. The molecule has 0 aliphatic carbocycles. The highest BCUT2D eigenvalue weighted by Gasteiger charge is 2.24. The number of aryl methyl sites for hydroxylation is 1. The number of anilines is 1. The molecular formula is C18H28BrIN4O2. The molecule has 0 saturated carbocycles. The van der Waals surface area contributed by atoms with Crippen molar-refractivity contribution in [1.29, 1.82) is 0 Å². The Balaban J connectivity index is 0.00000338. The van der Waals surface area contributed by atoms with Gasteiger partial charge in [-0.1, -0.05) is 22.0 Å². The van der Waals surface area contributed by atoms with E-state index in [1.165, 1.54) is 0 Å². The van der Waals surface area contributed by atoms with E-state index < -0.39 is 0 Å². The molecule has 1 fully saturated rings.